The molecular weight excluding hydrogens is 649 g/mol. The van der Waals surface area contributed by atoms with Crippen LogP contribution in [0.4, 0.5) is 26.3 Å². The number of aryl methyl sites for hydroxylation is 1. The van der Waals surface area contributed by atoms with E-state index in [1.807, 2.05) is 38.1 Å². The van der Waals surface area contributed by atoms with Gasteiger partial charge in [0.25, 0.3) is 0 Å². The molecule has 0 bridgehead atoms. The van der Waals surface area contributed by atoms with Crippen molar-refractivity contribution >= 4 is 34.9 Å². The van der Waals surface area contributed by atoms with Crippen LogP contribution in [-0.2, 0) is 17.4 Å². The number of ether oxygens (including phenoxy) is 1. The van der Waals surface area contributed by atoms with E-state index in [0.29, 0.717) is 34.7 Å². The molecule has 0 aliphatic carbocycles. The zero-order chi connectivity index (χ0) is 33.6. The number of nitrogens with one attached hydrogen (secondary N) is 1. The van der Waals surface area contributed by atoms with Crippen molar-refractivity contribution < 1.29 is 41.0 Å². The SMILES string of the molecule is Cc1cc(SC(Cc2ccc(-c3cc(F)c(F)c(F)c3)cc2)CC(C)NC(=S)c2ccc(C(F)(F)F)cc2)ccc1OCC(=O)O. The molecule has 0 aromatic heterocycles. The fourth-order valence-electron chi connectivity index (χ4n) is 4.75. The first kappa shape index (κ1) is 34.8. The highest BCUT2D eigenvalue weighted by Crippen LogP contribution is 2.33. The molecule has 0 amide bonds. The average molecular weight is 678 g/mol. The van der Waals surface area contributed by atoms with Crippen molar-refractivity contribution in [3.63, 3.8) is 0 Å². The van der Waals surface area contributed by atoms with Crippen LogP contribution in [0.1, 0.15) is 35.6 Å². The van der Waals surface area contributed by atoms with Gasteiger partial charge in [-0.05, 0) is 91.4 Å². The van der Waals surface area contributed by atoms with Crippen molar-refractivity contribution in [1.29, 1.82) is 0 Å². The third kappa shape index (κ3) is 9.49. The molecule has 0 heterocycles. The number of rotatable bonds is 12. The van der Waals surface area contributed by atoms with E-state index >= 15 is 0 Å². The van der Waals surface area contributed by atoms with E-state index in [-0.39, 0.29) is 16.9 Å². The second kappa shape index (κ2) is 15.0. The quantitative estimate of drug-likeness (QED) is 0.0676. The van der Waals surface area contributed by atoms with Gasteiger partial charge in [-0.15, -0.1) is 11.8 Å². The van der Waals surface area contributed by atoms with E-state index in [1.54, 1.807) is 30.0 Å². The highest BCUT2D eigenvalue weighted by atomic mass is 32.2. The molecular formula is C34H29F6NO3S2. The number of thioether (sulfide) groups is 1. The van der Waals surface area contributed by atoms with Crippen molar-refractivity contribution in [3.05, 3.63) is 119 Å². The van der Waals surface area contributed by atoms with Crippen molar-refractivity contribution in [1.82, 2.24) is 5.32 Å². The Morgan fingerprint density at radius 3 is 2.13 bits per heavy atom. The molecule has 2 N–H and O–H groups in total. The van der Waals surface area contributed by atoms with Crippen LogP contribution < -0.4 is 10.1 Å². The summed E-state index contributed by atoms with van der Waals surface area (Å²) in [4.78, 5) is 12.1. The number of thiocarbonyl (C=S) groups is 1. The summed E-state index contributed by atoms with van der Waals surface area (Å²) < 4.78 is 85.3. The predicted octanol–water partition coefficient (Wildman–Crippen LogP) is 9.01. The summed E-state index contributed by atoms with van der Waals surface area (Å²) in [5, 5.41) is 12.1. The lowest BCUT2D eigenvalue weighted by atomic mass is 10.00. The van der Waals surface area contributed by atoms with E-state index in [0.717, 1.165) is 40.3 Å². The van der Waals surface area contributed by atoms with Crippen molar-refractivity contribution in [3.8, 4) is 16.9 Å². The standard InChI is InChI=1S/C34H29F6NO3S2/c1-19-13-26(11-12-30(19)44-18-31(42)43)46-27(14-20(2)41-33(45)23-7-9-25(10-8-23)34(38,39)40)15-21-3-5-22(6-4-21)24-16-28(35)32(37)29(36)17-24/h3-13,16-17,20,27H,14-15,18H2,1-2H3,(H,41,45)(H,42,43). The Bertz CT molecular complexity index is 1670. The van der Waals surface area contributed by atoms with Gasteiger partial charge >= 0.3 is 12.1 Å². The zero-order valence-electron chi connectivity index (χ0n) is 24.6. The summed E-state index contributed by atoms with van der Waals surface area (Å²) in [7, 11) is 0. The molecule has 2 atom stereocenters. The number of halogens is 6. The van der Waals surface area contributed by atoms with Crippen LogP contribution in [0.3, 0.4) is 0 Å². The van der Waals surface area contributed by atoms with Crippen LogP contribution in [-0.4, -0.2) is 34.0 Å². The van der Waals surface area contributed by atoms with Crippen molar-refractivity contribution in [2.45, 2.75) is 49.1 Å². The number of alkyl halides is 3. The summed E-state index contributed by atoms with van der Waals surface area (Å²) in [5.41, 5.74) is 2.07. The van der Waals surface area contributed by atoms with Gasteiger partial charge in [0.2, 0.25) is 0 Å². The van der Waals surface area contributed by atoms with E-state index in [1.165, 1.54) is 12.1 Å². The molecule has 0 aliphatic rings. The predicted molar refractivity (Wildman–Crippen MR) is 170 cm³/mol. The monoisotopic (exact) mass is 677 g/mol. The van der Waals surface area contributed by atoms with Crippen molar-refractivity contribution in [2.75, 3.05) is 6.61 Å². The molecule has 2 unspecified atom stereocenters. The highest BCUT2D eigenvalue weighted by Gasteiger charge is 2.30. The van der Waals surface area contributed by atoms with Crippen molar-refractivity contribution in [2.24, 2.45) is 0 Å². The third-order valence-electron chi connectivity index (χ3n) is 7.00. The molecule has 0 fully saturated rings. The summed E-state index contributed by atoms with van der Waals surface area (Å²) in [6.45, 7) is 3.26. The zero-order valence-corrected chi connectivity index (χ0v) is 26.3. The molecule has 4 rings (SSSR count). The number of benzene rings is 4. The van der Waals surface area contributed by atoms with Crippen LogP contribution in [0, 0.1) is 24.4 Å². The summed E-state index contributed by atoms with van der Waals surface area (Å²) >= 11 is 7.05. The number of carbonyl (C=O) groups is 1. The number of carboxylic acid groups (broad SMARTS) is 1. The van der Waals surface area contributed by atoms with Crippen LogP contribution in [0.15, 0.2) is 83.8 Å². The minimum Gasteiger partial charge on any atom is -0.482 e. The van der Waals surface area contributed by atoms with Crippen LogP contribution in [0.25, 0.3) is 11.1 Å². The second-order valence-electron chi connectivity index (χ2n) is 10.7. The second-order valence-corrected chi connectivity index (χ2v) is 12.5. The fraction of sp³-hybridized carbons (Fsp3) is 0.235. The molecule has 0 aliphatic heterocycles. The molecule has 4 nitrogen and oxygen atoms in total. The maximum Gasteiger partial charge on any atom is 0.416 e. The molecule has 0 saturated carbocycles. The lowest BCUT2D eigenvalue weighted by molar-refractivity contribution is -0.139. The number of hydrogen-bond donors (Lipinski definition) is 2. The first-order valence-corrected chi connectivity index (χ1v) is 15.3. The minimum absolute atomic E-state index is 0.0466. The fourth-order valence-corrected chi connectivity index (χ4v) is 6.53. The topological polar surface area (TPSA) is 58.6 Å². The van der Waals surface area contributed by atoms with Gasteiger partial charge in [-0.25, -0.2) is 18.0 Å². The summed E-state index contributed by atoms with van der Waals surface area (Å²) in [6.07, 6.45) is -3.31. The van der Waals surface area contributed by atoms with E-state index in [9.17, 15) is 31.1 Å². The van der Waals surface area contributed by atoms with Gasteiger partial charge in [0.05, 0.1) is 5.56 Å². The molecule has 4 aromatic carbocycles. The first-order chi connectivity index (χ1) is 21.7. The number of aliphatic carboxylic acids is 1. The smallest absolute Gasteiger partial charge is 0.416 e. The third-order valence-corrected chi connectivity index (χ3v) is 8.58. The maximum absolute atomic E-state index is 13.8. The average Bonchev–Trinajstić information content (AvgIpc) is 2.99. The van der Waals surface area contributed by atoms with Gasteiger partial charge in [0.15, 0.2) is 24.1 Å². The lowest BCUT2D eigenvalue weighted by Gasteiger charge is -2.23. The first-order valence-electron chi connectivity index (χ1n) is 14.0. The molecule has 4 aromatic rings. The Labute approximate surface area is 271 Å². The molecule has 242 valence electrons. The molecule has 12 heteroatoms. The van der Waals surface area contributed by atoms with Crippen LogP contribution in [0.5, 0.6) is 5.75 Å². The maximum atomic E-state index is 13.8. The lowest BCUT2D eigenvalue weighted by Crippen LogP contribution is -2.34. The molecule has 0 saturated heterocycles. The number of carboxylic acids is 1. The Morgan fingerprint density at radius 1 is 0.935 bits per heavy atom. The molecule has 0 radical (unpaired) electrons. The minimum atomic E-state index is -4.45. The summed E-state index contributed by atoms with van der Waals surface area (Å²) in [5.74, 6) is -4.72. The Kier molecular flexibility index (Phi) is 11.4. The van der Waals surface area contributed by atoms with Gasteiger partial charge in [-0.2, -0.15) is 13.2 Å². The van der Waals surface area contributed by atoms with Gasteiger partial charge in [-0.1, -0.05) is 48.6 Å². The Hall–Kier alpha value is -4.03. The van der Waals surface area contributed by atoms with Gasteiger partial charge < -0.3 is 15.2 Å². The van der Waals surface area contributed by atoms with Gasteiger partial charge in [0, 0.05) is 21.8 Å². The highest BCUT2D eigenvalue weighted by molar-refractivity contribution is 8.00. The normalized spacial score (nSPS) is 12.8. The van der Waals surface area contributed by atoms with Gasteiger partial charge in [-0.3, -0.25) is 0 Å². The van der Waals surface area contributed by atoms with Crippen LogP contribution >= 0.6 is 24.0 Å². The van der Waals surface area contributed by atoms with E-state index in [2.05, 4.69) is 5.32 Å². The molecule has 46 heavy (non-hydrogen) atoms. The largest absolute Gasteiger partial charge is 0.482 e. The van der Waals surface area contributed by atoms with E-state index < -0.39 is 41.8 Å². The van der Waals surface area contributed by atoms with Crippen LogP contribution in [0.2, 0.25) is 0 Å². The number of hydrogen-bond acceptors (Lipinski definition) is 4. The molecule has 0 spiro atoms. The van der Waals surface area contributed by atoms with Gasteiger partial charge in [0.1, 0.15) is 10.7 Å². The summed E-state index contributed by atoms with van der Waals surface area (Å²) in [6, 6.07) is 18.8. The Morgan fingerprint density at radius 2 is 1.57 bits per heavy atom. The van der Waals surface area contributed by atoms with E-state index in [4.69, 9.17) is 22.1 Å². The Balaban J connectivity index is 1.51.